The average molecular weight is 181 g/mol. The van der Waals surface area contributed by atoms with E-state index in [9.17, 15) is 4.79 Å². The summed E-state index contributed by atoms with van der Waals surface area (Å²) in [5, 5.41) is 1.53. The molecule has 0 aromatic rings. The normalized spacial score (nSPS) is 24.4. The number of carbonyl (C=O) groups is 1. The van der Waals surface area contributed by atoms with Crippen LogP contribution in [-0.4, -0.2) is 30.7 Å². The Hall–Kier alpha value is -0.320. The van der Waals surface area contributed by atoms with E-state index in [0.29, 0.717) is 0 Å². The number of esters is 1. The van der Waals surface area contributed by atoms with Crippen LogP contribution < -0.4 is 5.84 Å². The van der Waals surface area contributed by atoms with Crippen LogP contribution in [0.15, 0.2) is 0 Å². The first-order valence-electron chi connectivity index (χ1n) is 3.35. The minimum Gasteiger partial charge on any atom is -0.468 e. The zero-order valence-electron chi connectivity index (χ0n) is 6.45. The highest BCUT2D eigenvalue weighted by molar-refractivity contribution is 5.85. The maximum atomic E-state index is 10.9. The van der Waals surface area contributed by atoms with Crippen molar-refractivity contribution in [3.8, 4) is 0 Å². The van der Waals surface area contributed by atoms with Crippen LogP contribution in [0.1, 0.15) is 12.8 Å². The third-order valence-corrected chi connectivity index (χ3v) is 1.77. The summed E-state index contributed by atoms with van der Waals surface area (Å²) in [4.78, 5) is 10.9. The second-order valence-corrected chi connectivity index (χ2v) is 2.42. The van der Waals surface area contributed by atoms with Crippen molar-refractivity contribution in [2.75, 3.05) is 13.7 Å². The molecule has 66 valence electrons. The van der Waals surface area contributed by atoms with Gasteiger partial charge in [0.2, 0.25) is 0 Å². The molecule has 0 spiro atoms. The first-order valence-corrected chi connectivity index (χ1v) is 3.35. The van der Waals surface area contributed by atoms with Crippen molar-refractivity contribution in [1.29, 1.82) is 0 Å². The Kier molecular flexibility index (Phi) is 4.40. The number of hydrogen-bond donors (Lipinski definition) is 1. The lowest BCUT2D eigenvalue weighted by Crippen LogP contribution is -2.41. The molecule has 1 fully saturated rings. The van der Waals surface area contributed by atoms with E-state index in [4.69, 9.17) is 5.84 Å². The monoisotopic (exact) mass is 180 g/mol. The van der Waals surface area contributed by atoms with Crippen molar-refractivity contribution in [2.24, 2.45) is 5.84 Å². The summed E-state index contributed by atoms with van der Waals surface area (Å²) in [6.45, 7) is 0.791. The molecule has 2 N–H and O–H groups in total. The van der Waals surface area contributed by atoms with E-state index < -0.39 is 0 Å². The van der Waals surface area contributed by atoms with Gasteiger partial charge in [0, 0.05) is 6.54 Å². The first-order chi connectivity index (χ1) is 4.75. The summed E-state index contributed by atoms with van der Waals surface area (Å²) in [5.74, 6) is 5.27. The predicted molar refractivity (Wildman–Crippen MR) is 43.2 cm³/mol. The fourth-order valence-electron chi connectivity index (χ4n) is 1.18. The van der Waals surface area contributed by atoms with Crippen LogP contribution in [0, 0.1) is 0 Å². The highest BCUT2D eigenvalue weighted by Crippen LogP contribution is 2.13. The molecule has 0 aromatic heterocycles. The third kappa shape index (κ3) is 2.32. The van der Waals surface area contributed by atoms with E-state index in [1.54, 1.807) is 0 Å². The molecule has 1 aliphatic heterocycles. The highest BCUT2D eigenvalue weighted by Gasteiger charge is 2.28. The van der Waals surface area contributed by atoms with Crippen molar-refractivity contribution in [1.82, 2.24) is 5.01 Å². The molecule has 0 aliphatic carbocycles. The quantitative estimate of drug-likeness (QED) is 0.453. The minimum atomic E-state index is -0.222. The SMILES string of the molecule is COC(=O)[C@H]1CCCN1N.Cl. The summed E-state index contributed by atoms with van der Waals surface area (Å²) in [6.07, 6.45) is 1.81. The van der Waals surface area contributed by atoms with E-state index in [-0.39, 0.29) is 24.4 Å². The van der Waals surface area contributed by atoms with Crippen molar-refractivity contribution in [3.63, 3.8) is 0 Å². The molecule has 0 saturated carbocycles. The summed E-state index contributed by atoms with van der Waals surface area (Å²) in [5.41, 5.74) is 0. The van der Waals surface area contributed by atoms with Crippen LogP contribution in [0.2, 0.25) is 0 Å². The Balaban J connectivity index is 0.000001000. The van der Waals surface area contributed by atoms with Crippen LogP contribution in [0.3, 0.4) is 0 Å². The fraction of sp³-hybridized carbons (Fsp3) is 0.833. The molecule has 0 radical (unpaired) electrons. The van der Waals surface area contributed by atoms with Gasteiger partial charge in [-0.2, -0.15) is 0 Å². The van der Waals surface area contributed by atoms with Gasteiger partial charge in [0.1, 0.15) is 6.04 Å². The van der Waals surface area contributed by atoms with E-state index in [1.807, 2.05) is 0 Å². The van der Waals surface area contributed by atoms with Gasteiger partial charge in [0.15, 0.2) is 0 Å². The van der Waals surface area contributed by atoms with Gasteiger partial charge in [-0.3, -0.25) is 10.6 Å². The number of halogens is 1. The minimum absolute atomic E-state index is 0. The largest absolute Gasteiger partial charge is 0.468 e. The molecule has 1 atom stereocenters. The van der Waals surface area contributed by atoms with Crippen molar-refractivity contribution in [3.05, 3.63) is 0 Å². The van der Waals surface area contributed by atoms with Crippen LogP contribution >= 0.6 is 12.4 Å². The zero-order valence-corrected chi connectivity index (χ0v) is 7.26. The van der Waals surface area contributed by atoms with Crippen LogP contribution in [0.5, 0.6) is 0 Å². The van der Waals surface area contributed by atoms with Crippen LogP contribution in [-0.2, 0) is 9.53 Å². The van der Waals surface area contributed by atoms with Crippen molar-refractivity contribution in [2.45, 2.75) is 18.9 Å². The smallest absolute Gasteiger partial charge is 0.324 e. The van der Waals surface area contributed by atoms with Gasteiger partial charge in [0.05, 0.1) is 7.11 Å². The molecule has 1 heterocycles. The number of nitrogens with zero attached hydrogens (tertiary/aromatic N) is 1. The molecule has 11 heavy (non-hydrogen) atoms. The van der Waals surface area contributed by atoms with Gasteiger partial charge in [-0.15, -0.1) is 12.4 Å². The molecule has 1 rings (SSSR count). The number of rotatable bonds is 1. The number of ether oxygens (including phenoxy) is 1. The molecular weight excluding hydrogens is 168 g/mol. The topological polar surface area (TPSA) is 55.6 Å². The Morgan fingerprint density at radius 1 is 1.73 bits per heavy atom. The van der Waals surface area contributed by atoms with Gasteiger partial charge in [-0.05, 0) is 12.8 Å². The number of hydrogen-bond acceptors (Lipinski definition) is 4. The Bertz CT molecular complexity index is 143. The van der Waals surface area contributed by atoms with E-state index >= 15 is 0 Å². The second-order valence-electron chi connectivity index (χ2n) is 2.42. The van der Waals surface area contributed by atoms with Gasteiger partial charge in [-0.1, -0.05) is 0 Å². The molecule has 1 saturated heterocycles. The van der Waals surface area contributed by atoms with Crippen LogP contribution in [0.4, 0.5) is 0 Å². The maximum Gasteiger partial charge on any atom is 0.324 e. The zero-order chi connectivity index (χ0) is 7.56. The lowest BCUT2D eigenvalue weighted by molar-refractivity contribution is -0.145. The average Bonchev–Trinajstić information content (AvgIpc) is 2.34. The van der Waals surface area contributed by atoms with Gasteiger partial charge >= 0.3 is 5.97 Å². The Labute approximate surface area is 72.1 Å². The van der Waals surface area contributed by atoms with Crippen molar-refractivity contribution < 1.29 is 9.53 Å². The second kappa shape index (κ2) is 4.54. The summed E-state index contributed by atoms with van der Waals surface area (Å²) < 4.78 is 4.54. The molecule has 0 amide bonds. The van der Waals surface area contributed by atoms with Gasteiger partial charge in [-0.25, -0.2) is 5.01 Å². The lowest BCUT2D eigenvalue weighted by atomic mass is 10.2. The summed E-state index contributed by atoms with van der Waals surface area (Å²) in [6, 6.07) is -0.204. The molecule has 4 nitrogen and oxygen atoms in total. The Morgan fingerprint density at radius 2 is 2.36 bits per heavy atom. The highest BCUT2D eigenvalue weighted by atomic mass is 35.5. The first kappa shape index (κ1) is 10.7. The lowest BCUT2D eigenvalue weighted by Gasteiger charge is -2.15. The third-order valence-electron chi connectivity index (χ3n) is 1.77. The number of hydrazine groups is 1. The van der Waals surface area contributed by atoms with Gasteiger partial charge in [0.25, 0.3) is 0 Å². The number of methoxy groups -OCH3 is 1. The predicted octanol–water partition coefficient (Wildman–Crippen LogP) is -0.0807. The van der Waals surface area contributed by atoms with E-state index in [0.717, 1.165) is 19.4 Å². The van der Waals surface area contributed by atoms with Crippen LogP contribution in [0.25, 0.3) is 0 Å². The number of nitrogens with two attached hydrogens (primary N) is 1. The summed E-state index contributed by atoms with van der Waals surface area (Å²) >= 11 is 0. The van der Waals surface area contributed by atoms with Crippen molar-refractivity contribution >= 4 is 18.4 Å². The van der Waals surface area contributed by atoms with E-state index in [2.05, 4.69) is 4.74 Å². The molecule has 5 heteroatoms. The summed E-state index contributed by atoms with van der Waals surface area (Å²) in [7, 11) is 1.38. The standard InChI is InChI=1S/C6H12N2O2.ClH/c1-10-6(9)5-3-2-4-8(5)7;/h5H,2-4,7H2,1H3;1H/t5-;/m1./s1. The maximum absolute atomic E-state index is 10.9. The molecule has 0 bridgehead atoms. The fourth-order valence-corrected chi connectivity index (χ4v) is 1.18. The molecular formula is C6H13ClN2O2. The molecule has 0 unspecified atom stereocenters. The van der Waals surface area contributed by atoms with E-state index in [1.165, 1.54) is 12.1 Å². The van der Waals surface area contributed by atoms with Gasteiger partial charge < -0.3 is 4.74 Å². The molecule has 1 aliphatic rings. The Morgan fingerprint density at radius 3 is 2.73 bits per heavy atom. The number of carbonyl (C=O) groups excluding carboxylic acids is 1. The molecule has 0 aromatic carbocycles.